The van der Waals surface area contributed by atoms with Crippen LogP contribution in [0.25, 0.3) is 0 Å². The maximum atomic E-state index is 10.9. The van der Waals surface area contributed by atoms with Gasteiger partial charge in [0.1, 0.15) is 0 Å². The van der Waals surface area contributed by atoms with Gasteiger partial charge in [-0.05, 0) is 42.9 Å². The topological polar surface area (TPSA) is 35.5 Å². The zero-order valence-electron chi connectivity index (χ0n) is 11.0. The van der Waals surface area contributed by atoms with E-state index < -0.39 is 6.16 Å². The highest BCUT2D eigenvalue weighted by molar-refractivity contribution is 5.59. The maximum Gasteiger partial charge on any atom is 0.507 e. The average Bonchev–Trinajstić information content (AvgIpc) is 2.35. The molecule has 2 fully saturated rings. The van der Waals surface area contributed by atoms with Gasteiger partial charge in [0.2, 0.25) is 0 Å². The number of rotatable bonds is 3. The van der Waals surface area contributed by atoms with Gasteiger partial charge in [-0.25, -0.2) is 4.79 Å². The molecule has 2 bridgehead atoms. The lowest BCUT2D eigenvalue weighted by Gasteiger charge is -2.44. The second kappa shape index (κ2) is 5.74. The monoisotopic (exact) mass is 240 g/mol. The molecule has 0 saturated heterocycles. The lowest BCUT2D eigenvalue weighted by molar-refractivity contribution is 0.0374. The van der Waals surface area contributed by atoms with Crippen molar-refractivity contribution in [1.29, 1.82) is 0 Å². The lowest BCUT2D eigenvalue weighted by atomic mass is 9.62. The Morgan fingerprint density at radius 1 is 1.29 bits per heavy atom. The molecule has 3 nitrogen and oxygen atoms in total. The Morgan fingerprint density at radius 3 is 2.88 bits per heavy atom. The number of carbonyl (C=O) groups excluding carboxylic acids is 1. The van der Waals surface area contributed by atoms with E-state index in [-0.39, 0.29) is 0 Å². The van der Waals surface area contributed by atoms with E-state index in [0.29, 0.717) is 6.61 Å². The molecule has 2 rings (SSSR count). The van der Waals surface area contributed by atoms with E-state index in [1.54, 1.807) is 0 Å². The van der Waals surface area contributed by atoms with Crippen LogP contribution in [-0.2, 0) is 9.47 Å². The molecule has 0 heterocycles. The first-order valence-corrected chi connectivity index (χ1v) is 6.91. The number of fused-ring (bicyclic) bond motifs is 2. The molecular formula is C14H24O3. The Labute approximate surface area is 104 Å². The van der Waals surface area contributed by atoms with Gasteiger partial charge in [-0.1, -0.05) is 26.2 Å². The largest absolute Gasteiger partial charge is 0.507 e. The summed E-state index contributed by atoms with van der Waals surface area (Å²) in [6, 6.07) is 0. The molecule has 17 heavy (non-hydrogen) atoms. The zero-order chi connectivity index (χ0) is 12.3. The van der Waals surface area contributed by atoms with Crippen LogP contribution >= 0.6 is 0 Å². The molecule has 0 N–H and O–H groups in total. The van der Waals surface area contributed by atoms with E-state index in [0.717, 1.165) is 30.1 Å². The fourth-order valence-electron chi connectivity index (χ4n) is 3.79. The highest BCUT2D eigenvalue weighted by Crippen LogP contribution is 2.46. The van der Waals surface area contributed by atoms with Gasteiger partial charge in [-0.15, -0.1) is 0 Å². The summed E-state index contributed by atoms with van der Waals surface area (Å²) >= 11 is 0. The van der Waals surface area contributed by atoms with E-state index in [2.05, 4.69) is 11.7 Å². The molecule has 0 aliphatic heterocycles. The Balaban J connectivity index is 1.78. The molecule has 4 atom stereocenters. The summed E-state index contributed by atoms with van der Waals surface area (Å²) in [5, 5.41) is 0. The van der Waals surface area contributed by atoms with Gasteiger partial charge < -0.3 is 9.47 Å². The lowest BCUT2D eigenvalue weighted by Crippen LogP contribution is -2.34. The second-order valence-electron chi connectivity index (χ2n) is 5.74. The van der Waals surface area contributed by atoms with Crippen molar-refractivity contribution in [3.05, 3.63) is 0 Å². The van der Waals surface area contributed by atoms with Crippen molar-refractivity contribution >= 4 is 6.16 Å². The molecule has 0 aromatic rings. The van der Waals surface area contributed by atoms with E-state index in [9.17, 15) is 4.79 Å². The van der Waals surface area contributed by atoms with Gasteiger partial charge in [0.25, 0.3) is 0 Å². The average molecular weight is 240 g/mol. The van der Waals surface area contributed by atoms with Gasteiger partial charge in [0.05, 0.1) is 13.7 Å². The van der Waals surface area contributed by atoms with Gasteiger partial charge in [-0.3, -0.25) is 0 Å². The van der Waals surface area contributed by atoms with Crippen molar-refractivity contribution in [1.82, 2.24) is 0 Å². The number of carbonyl (C=O) groups is 1. The SMILES string of the molecule is COC(=O)OCCC1CC2CCCC(C2)C1C. The summed E-state index contributed by atoms with van der Waals surface area (Å²) < 4.78 is 9.48. The molecule has 2 saturated carbocycles. The molecule has 0 aromatic heterocycles. The molecule has 4 unspecified atom stereocenters. The molecular weight excluding hydrogens is 216 g/mol. The van der Waals surface area contributed by atoms with Gasteiger partial charge in [0.15, 0.2) is 0 Å². The van der Waals surface area contributed by atoms with Gasteiger partial charge >= 0.3 is 6.16 Å². The third-order valence-electron chi connectivity index (χ3n) is 4.82. The second-order valence-corrected chi connectivity index (χ2v) is 5.74. The quantitative estimate of drug-likeness (QED) is 0.707. The standard InChI is InChI=1S/C14H24O3/c1-10-12-5-3-4-11(8-12)9-13(10)6-7-17-14(15)16-2/h10-13H,3-9H2,1-2H3. The zero-order valence-corrected chi connectivity index (χ0v) is 11.0. The van der Waals surface area contributed by atoms with Crippen LogP contribution in [0, 0.1) is 23.7 Å². The predicted octanol–water partition coefficient (Wildman–Crippen LogP) is 3.62. The first-order chi connectivity index (χ1) is 8.20. The highest BCUT2D eigenvalue weighted by atomic mass is 16.7. The number of hydrogen-bond acceptors (Lipinski definition) is 3. The molecule has 0 radical (unpaired) electrons. The molecule has 3 heteroatoms. The maximum absolute atomic E-state index is 10.9. The summed E-state index contributed by atoms with van der Waals surface area (Å²) in [7, 11) is 1.36. The number of ether oxygens (including phenoxy) is 2. The molecule has 0 amide bonds. The Kier molecular flexibility index (Phi) is 4.30. The van der Waals surface area contributed by atoms with Gasteiger partial charge in [0, 0.05) is 0 Å². The molecule has 0 spiro atoms. The molecule has 2 aliphatic carbocycles. The Bertz CT molecular complexity index is 264. The van der Waals surface area contributed by atoms with Crippen LogP contribution in [-0.4, -0.2) is 19.9 Å². The van der Waals surface area contributed by atoms with E-state index >= 15 is 0 Å². The van der Waals surface area contributed by atoms with Crippen molar-refractivity contribution in [3.63, 3.8) is 0 Å². The summed E-state index contributed by atoms with van der Waals surface area (Å²) in [5.41, 5.74) is 0. The first-order valence-electron chi connectivity index (χ1n) is 6.91. The molecule has 98 valence electrons. The van der Waals surface area contributed by atoms with Crippen molar-refractivity contribution < 1.29 is 14.3 Å². The van der Waals surface area contributed by atoms with Crippen molar-refractivity contribution in [2.24, 2.45) is 23.7 Å². The smallest absolute Gasteiger partial charge is 0.438 e. The van der Waals surface area contributed by atoms with Crippen molar-refractivity contribution in [2.45, 2.75) is 45.4 Å². The fourth-order valence-corrected chi connectivity index (χ4v) is 3.79. The van der Waals surface area contributed by atoms with Crippen LogP contribution in [0.5, 0.6) is 0 Å². The Morgan fingerprint density at radius 2 is 2.12 bits per heavy atom. The van der Waals surface area contributed by atoms with Crippen molar-refractivity contribution in [2.75, 3.05) is 13.7 Å². The fraction of sp³-hybridized carbons (Fsp3) is 0.929. The first kappa shape index (κ1) is 12.7. The van der Waals surface area contributed by atoms with Crippen LogP contribution in [0.2, 0.25) is 0 Å². The van der Waals surface area contributed by atoms with Crippen LogP contribution in [0.3, 0.4) is 0 Å². The summed E-state index contributed by atoms with van der Waals surface area (Å²) in [6.45, 7) is 2.90. The normalized spacial score (nSPS) is 36.4. The Hall–Kier alpha value is -0.730. The third-order valence-corrected chi connectivity index (χ3v) is 4.82. The molecule has 0 aromatic carbocycles. The van der Waals surface area contributed by atoms with Crippen molar-refractivity contribution in [3.8, 4) is 0 Å². The summed E-state index contributed by atoms with van der Waals surface area (Å²) in [5.74, 6) is 3.40. The van der Waals surface area contributed by atoms with E-state index in [4.69, 9.17) is 4.74 Å². The minimum absolute atomic E-state index is 0.515. The molecule has 2 aliphatic rings. The van der Waals surface area contributed by atoms with Crippen LogP contribution in [0.4, 0.5) is 4.79 Å². The minimum Gasteiger partial charge on any atom is -0.438 e. The minimum atomic E-state index is -0.548. The third kappa shape index (κ3) is 3.14. The van der Waals surface area contributed by atoms with Crippen LogP contribution < -0.4 is 0 Å². The van der Waals surface area contributed by atoms with Crippen LogP contribution in [0.15, 0.2) is 0 Å². The summed E-state index contributed by atoms with van der Waals surface area (Å²) in [6.07, 6.45) is 7.48. The van der Waals surface area contributed by atoms with E-state index in [1.165, 1.54) is 39.2 Å². The highest BCUT2D eigenvalue weighted by Gasteiger charge is 2.36. The predicted molar refractivity (Wildman–Crippen MR) is 65.7 cm³/mol. The van der Waals surface area contributed by atoms with E-state index in [1.807, 2.05) is 0 Å². The number of hydrogen-bond donors (Lipinski definition) is 0. The van der Waals surface area contributed by atoms with Gasteiger partial charge in [-0.2, -0.15) is 0 Å². The summed E-state index contributed by atoms with van der Waals surface area (Å²) in [4.78, 5) is 10.9. The van der Waals surface area contributed by atoms with Crippen LogP contribution in [0.1, 0.15) is 45.4 Å². The number of methoxy groups -OCH3 is 1.